The topological polar surface area (TPSA) is 24.9 Å². The standard InChI is InChI=1S/C17H18FN.C6H10.C3H7NS.2C2H6/c1-5-12(6-2)17-16(18)15(11(3)4)13-9-7-8-10-14(13)19-17;1-4-6(3)5-2;1-3(5)4-2;2*1-2/h5-11H,1H2,2-4H3;4-5H,1H2,2-3H3;1-2H3,(H,4,5);2*1-2H3/b12-6+;6-5+;;;. The van der Waals surface area contributed by atoms with Crippen molar-refractivity contribution in [3.63, 3.8) is 0 Å². The van der Waals surface area contributed by atoms with E-state index in [1.807, 2.05) is 119 Å². The number of para-hydroxylation sites is 1. The van der Waals surface area contributed by atoms with E-state index < -0.39 is 0 Å². The number of aromatic nitrogens is 1. The van der Waals surface area contributed by atoms with Gasteiger partial charge >= 0.3 is 0 Å². The molecule has 2 rings (SSSR count). The molecule has 0 atom stereocenters. The van der Waals surface area contributed by atoms with E-state index in [9.17, 15) is 4.39 Å². The average molecular weight is 487 g/mol. The molecule has 1 aromatic carbocycles. The Hall–Kier alpha value is -2.59. The van der Waals surface area contributed by atoms with E-state index in [4.69, 9.17) is 0 Å². The van der Waals surface area contributed by atoms with Gasteiger partial charge in [-0.15, -0.1) is 0 Å². The van der Waals surface area contributed by atoms with Gasteiger partial charge in [-0.3, -0.25) is 0 Å². The van der Waals surface area contributed by atoms with Gasteiger partial charge in [-0.05, 0) is 45.3 Å². The van der Waals surface area contributed by atoms with Gasteiger partial charge in [0.2, 0.25) is 0 Å². The summed E-state index contributed by atoms with van der Waals surface area (Å²) in [6, 6.07) is 7.68. The highest BCUT2D eigenvalue weighted by Gasteiger charge is 2.18. The molecule has 2 nitrogen and oxygen atoms in total. The molecule has 0 bridgehead atoms. The van der Waals surface area contributed by atoms with E-state index in [1.165, 1.54) is 5.57 Å². The fourth-order valence-corrected chi connectivity index (χ4v) is 2.44. The molecule has 0 aliphatic heterocycles. The van der Waals surface area contributed by atoms with Crippen LogP contribution in [0.4, 0.5) is 4.39 Å². The Morgan fingerprint density at radius 3 is 1.82 bits per heavy atom. The number of nitrogens with zero attached hydrogens (tertiary/aromatic N) is 1. The molecule has 34 heavy (non-hydrogen) atoms. The Kier molecular flexibility index (Phi) is 23.5. The number of halogens is 1. The van der Waals surface area contributed by atoms with E-state index in [0.717, 1.165) is 27.0 Å². The second kappa shape index (κ2) is 22.2. The summed E-state index contributed by atoms with van der Waals surface area (Å²) < 4.78 is 14.7. The summed E-state index contributed by atoms with van der Waals surface area (Å²) in [6.07, 6.45) is 7.33. The highest BCUT2D eigenvalue weighted by atomic mass is 32.1. The minimum Gasteiger partial charge on any atom is -0.383 e. The molecule has 0 saturated carbocycles. The van der Waals surface area contributed by atoms with Gasteiger partial charge in [0.1, 0.15) is 5.69 Å². The monoisotopic (exact) mass is 486 g/mol. The molecule has 0 amide bonds. The first kappa shape index (κ1) is 36.0. The second-order valence-electron chi connectivity index (χ2n) is 6.85. The number of rotatable bonds is 4. The van der Waals surface area contributed by atoms with E-state index in [1.54, 1.807) is 6.08 Å². The largest absolute Gasteiger partial charge is 0.383 e. The second-order valence-corrected chi connectivity index (χ2v) is 7.46. The van der Waals surface area contributed by atoms with Crippen LogP contribution in [-0.4, -0.2) is 17.0 Å². The smallest absolute Gasteiger partial charge is 0.153 e. The van der Waals surface area contributed by atoms with Crippen LogP contribution in [0.15, 0.2) is 67.3 Å². The number of allylic oxidation sites excluding steroid dienone is 6. The Morgan fingerprint density at radius 2 is 1.50 bits per heavy atom. The van der Waals surface area contributed by atoms with E-state index >= 15 is 0 Å². The highest BCUT2D eigenvalue weighted by molar-refractivity contribution is 7.80. The first-order valence-electron chi connectivity index (χ1n) is 12.0. The van der Waals surface area contributed by atoms with Crippen molar-refractivity contribution in [3.05, 3.63) is 84.4 Å². The molecule has 0 saturated heterocycles. The van der Waals surface area contributed by atoms with Gasteiger partial charge in [0.05, 0.1) is 10.5 Å². The Balaban J connectivity index is -0.000000531. The lowest BCUT2D eigenvalue weighted by Gasteiger charge is -2.14. The minimum absolute atomic E-state index is 0.106. The maximum atomic E-state index is 14.7. The van der Waals surface area contributed by atoms with Crippen molar-refractivity contribution < 1.29 is 4.39 Å². The molecule has 2 aromatic rings. The summed E-state index contributed by atoms with van der Waals surface area (Å²) in [6.45, 7) is 27.0. The minimum atomic E-state index is -0.235. The van der Waals surface area contributed by atoms with Crippen LogP contribution in [0.3, 0.4) is 0 Å². The first-order chi connectivity index (χ1) is 16.2. The number of thiocarbonyl (C=S) groups is 1. The van der Waals surface area contributed by atoms with Gasteiger partial charge in [0, 0.05) is 18.0 Å². The lowest BCUT2D eigenvalue weighted by molar-refractivity contribution is 0.593. The third-order valence-corrected chi connectivity index (χ3v) is 4.59. The molecule has 1 N–H and O–H groups in total. The first-order valence-corrected chi connectivity index (χ1v) is 12.4. The van der Waals surface area contributed by atoms with Gasteiger partial charge in [-0.2, -0.15) is 0 Å². The number of fused-ring (bicyclic) bond motifs is 1. The van der Waals surface area contributed by atoms with Crippen molar-refractivity contribution in [2.24, 2.45) is 0 Å². The van der Waals surface area contributed by atoms with Crippen molar-refractivity contribution >= 4 is 33.7 Å². The molecular formula is C30H47FN2S. The predicted octanol–water partition coefficient (Wildman–Crippen LogP) is 9.83. The van der Waals surface area contributed by atoms with E-state index in [2.05, 4.69) is 35.7 Å². The van der Waals surface area contributed by atoms with Crippen molar-refractivity contribution in [3.8, 4) is 0 Å². The maximum Gasteiger partial charge on any atom is 0.153 e. The Bertz CT molecular complexity index is 925. The van der Waals surface area contributed by atoms with Crippen LogP contribution in [0.25, 0.3) is 16.5 Å². The van der Waals surface area contributed by atoms with Gasteiger partial charge in [0.15, 0.2) is 5.82 Å². The van der Waals surface area contributed by atoms with Gasteiger partial charge in [-0.25, -0.2) is 9.37 Å². The molecule has 1 aromatic heterocycles. The molecule has 0 spiro atoms. The number of hydrogen-bond donors (Lipinski definition) is 1. The van der Waals surface area contributed by atoms with Gasteiger partial charge in [0.25, 0.3) is 0 Å². The molecule has 4 heteroatoms. The predicted molar refractivity (Wildman–Crippen MR) is 159 cm³/mol. The molecule has 0 aliphatic carbocycles. The number of pyridine rings is 1. The van der Waals surface area contributed by atoms with Crippen LogP contribution in [-0.2, 0) is 0 Å². The quantitative estimate of drug-likeness (QED) is 0.344. The normalized spacial score (nSPS) is 10.1. The molecular weight excluding hydrogens is 439 g/mol. The summed E-state index contributed by atoms with van der Waals surface area (Å²) in [7, 11) is 1.81. The summed E-state index contributed by atoms with van der Waals surface area (Å²) in [5.74, 6) is -0.128. The van der Waals surface area contributed by atoms with Crippen molar-refractivity contribution in [1.82, 2.24) is 10.3 Å². The van der Waals surface area contributed by atoms with Crippen LogP contribution in [0, 0.1) is 5.82 Å². The summed E-state index contributed by atoms with van der Waals surface area (Å²) in [5, 5.41) is 3.65. The Morgan fingerprint density at radius 1 is 1.00 bits per heavy atom. The fourth-order valence-electron chi connectivity index (χ4n) is 2.44. The maximum absolute atomic E-state index is 14.7. The van der Waals surface area contributed by atoms with E-state index in [-0.39, 0.29) is 11.7 Å². The molecule has 190 valence electrons. The zero-order chi connectivity index (χ0) is 27.3. The van der Waals surface area contributed by atoms with Gasteiger partial charge in [-0.1, -0.05) is 115 Å². The third-order valence-electron chi connectivity index (χ3n) is 4.38. The Labute approximate surface area is 214 Å². The zero-order valence-corrected chi connectivity index (χ0v) is 24.2. The SMILES string of the molecule is C=C/C(=C\C)c1nc2ccccc2c(C(C)C)c1F.C=C/C(C)=C/C.CC.CC.CNC(C)=S. The van der Waals surface area contributed by atoms with E-state index in [0.29, 0.717) is 5.69 Å². The third kappa shape index (κ3) is 13.2. The van der Waals surface area contributed by atoms with Gasteiger partial charge < -0.3 is 5.32 Å². The summed E-state index contributed by atoms with van der Waals surface area (Å²) in [5.41, 5.74) is 3.89. The highest BCUT2D eigenvalue weighted by Crippen LogP contribution is 2.31. The average Bonchev–Trinajstić information content (AvgIpc) is 2.87. The summed E-state index contributed by atoms with van der Waals surface area (Å²) in [4.78, 5) is 5.28. The van der Waals surface area contributed by atoms with Crippen LogP contribution in [0.2, 0.25) is 0 Å². The number of nitrogens with one attached hydrogen (secondary N) is 1. The summed E-state index contributed by atoms with van der Waals surface area (Å²) >= 11 is 4.59. The molecule has 1 heterocycles. The number of benzene rings is 1. The lowest BCUT2D eigenvalue weighted by Crippen LogP contribution is -2.09. The van der Waals surface area contributed by atoms with Crippen molar-refractivity contribution in [2.75, 3.05) is 7.05 Å². The zero-order valence-electron chi connectivity index (χ0n) is 23.3. The van der Waals surface area contributed by atoms with Crippen molar-refractivity contribution in [1.29, 1.82) is 0 Å². The molecule has 0 aliphatic rings. The lowest BCUT2D eigenvalue weighted by atomic mass is 9.95. The molecule has 0 fully saturated rings. The fraction of sp³-hybridized carbons (Fsp3) is 0.400. The van der Waals surface area contributed by atoms with Crippen LogP contribution < -0.4 is 5.32 Å². The van der Waals surface area contributed by atoms with Crippen molar-refractivity contribution in [2.45, 2.75) is 75.2 Å². The van der Waals surface area contributed by atoms with Crippen LogP contribution in [0.5, 0.6) is 0 Å². The molecule has 0 unspecified atom stereocenters. The molecule has 0 radical (unpaired) electrons. The number of hydrogen-bond acceptors (Lipinski definition) is 2. The van der Waals surface area contributed by atoms with Crippen LogP contribution in [0.1, 0.15) is 86.4 Å². The van der Waals surface area contributed by atoms with Crippen LogP contribution >= 0.6 is 12.2 Å².